The minimum absolute atomic E-state index is 0.493. The summed E-state index contributed by atoms with van der Waals surface area (Å²) in [4.78, 5) is 17.3. The Balaban J connectivity index is 1.06. The third-order valence-corrected chi connectivity index (χ3v) is 12.0. The molecule has 0 fully saturated rings. The van der Waals surface area contributed by atoms with Gasteiger partial charge in [-0.1, -0.05) is 164 Å². The summed E-state index contributed by atoms with van der Waals surface area (Å²) in [7, 11) is 0. The topological polar surface area (TPSA) is 55.1 Å². The second-order valence-electron chi connectivity index (χ2n) is 15.1. The highest BCUT2D eigenvalue weighted by Gasteiger charge is 2.50. The number of hydrogen-bond donors (Lipinski definition) is 0. The van der Waals surface area contributed by atoms with Crippen molar-refractivity contribution in [3.8, 4) is 34.2 Å². The van der Waals surface area contributed by atoms with E-state index in [0.717, 1.165) is 62.1 Å². The van der Waals surface area contributed by atoms with Crippen molar-refractivity contribution in [3.63, 3.8) is 0 Å². The lowest BCUT2D eigenvalue weighted by Gasteiger charge is -2.49. The molecule has 1 spiro atoms. The molecule has 5 heteroatoms. The van der Waals surface area contributed by atoms with Crippen LogP contribution in [0.2, 0.25) is 0 Å². The number of rotatable bonds is 4. The lowest BCUT2D eigenvalue weighted by molar-refractivity contribution is 0.667. The van der Waals surface area contributed by atoms with Crippen molar-refractivity contribution in [2.24, 2.45) is 0 Å². The molecule has 10 aromatic rings. The lowest BCUT2D eigenvalue weighted by Crippen LogP contribution is -2.41. The second-order valence-corrected chi connectivity index (χ2v) is 15.1. The number of aromatic nitrogens is 3. The quantitative estimate of drug-likeness (QED) is 0.180. The zero-order chi connectivity index (χ0) is 38.2. The number of fused-ring (bicyclic) bond motifs is 11. The van der Waals surface area contributed by atoms with Crippen LogP contribution in [0.25, 0.3) is 56.1 Å². The standard InChI is InChI=1S/C53H34N4O/c1-3-16-34(17-4-1)50-54-51(35-18-5-2-6-19-35)56-52(55-50)38-30-31-39-40-22-15-29-47(49(40)58-48(39)33-38)57-45-27-13-11-25-43(45)53(44-26-12-14-28-46(44)57)41-23-9-7-20-36(41)32-37-21-8-10-24-42(37)53/h1-31,33H,32H2. The van der Waals surface area contributed by atoms with E-state index in [1.165, 1.54) is 33.4 Å². The number of hydrogen-bond acceptors (Lipinski definition) is 5. The molecule has 1 aliphatic heterocycles. The average Bonchev–Trinajstić information content (AvgIpc) is 3.68. The van der Waals surface area contributed by atoms with Crippen molar-refractivity contribution in [1.29, 1.82) is 0 Å². The van der Waals surface area contributed by atoms with Gasteiger partial charge < -0.3 is 9.32 Å². The first-order valence-corrected chi connectivity index (χ1v) is 19.7. The first-order valence-electron chi connectivity index (χ1n) is 19.7. The SMILES string of the molecule is c1ccc(-c2nc(-c3ccccc3)nc(-c3ccc4c(c3)oc3c(N5c6ccccc6C6(c7ccccc7Cc7ccccc76)c6ccccc65)cccc34)n2)cc1. The molecular weight excluding hydrogens is 709 g/mol. The van der Waals surface area contributed by atoms with Gasteiger partial charge in [-0.15, -0.1) is 0 Å². The van der Waals surface area contributed by atoms with Crippen LogP contribution in [0.15, 0.2) is 199 Å². The van der Waals surface area contributed by atoms with Crippen molar-refractivity contribution in [3.05, 3.63) is 228 Å². The third kappa shape index (κ3) is 4.74. The Morgan fingerprint density at radius 1 is 0.397 bits per heavy atom. The minimum atomic E-state index is -0.493. The van der Waals surface area contributed by atoms with Gasteiger partial charge in [-0.3, -0.25) is 0 Å². The summed E-state index contributed by atoms with van der Waals surface area (Å²) >= 11 is 0. The molecule has 0 bridgehead atoms. The number of para-hydroxylation sites is 3. The molecule has 2 aromatic heterocycles. The second kappa shape index (κ2) is 12.7. The molecule has 272 valence electrons. The molecule has 3 heterocycles. The molecule has 0 amide bonds. The highest BCUT2D eigenvalue weighted by atomic mass is 16.3. The van der Waals surface area contributed by atoms with Crippen LogP contribution in [0.1, 0.15) is 33.4 Å². The summed E-state index contributed by atoms with van der Waals surface area (Å²) in [5.74, 6) is 1.84. The molecule has 0 saturated carbocycles. The van der Waals surface area contributed by atoms with E-state index in [-0.39, 0.29) is 0 Å². The van der Waals surface area contributed by atoms with Crippen LogP contribution in [0.5, 0.6) is 0 Å². The monoisotopic (exact) mass is 742 g/mol. The zero-order valence-electron chi connectivity index (χ0n) is 31.4. The number of furan rings is 1. The normalized spacial score (nSPS) is 13.6. The third-order valence-electron chi connectivity index (χ3n) is 12.0. The van der Waals surface area contributed by atoms with Crippen molar-refractivity contribution in [2.45, 2.75) is 11.8 Å². The lowest BCUT2D eigenvalue weighted by atomic mass is 9.58. The summed E-state index contributed by atoms with van der Waals surface area (Å²) in [6.45, 7) is 0. The van der Waals surface area contributed by atoms with E-state index in [2.05, 4.69) is 138 Å². The highest BCUT2D eigenvalue weighted by molar-refractivity contribution is 6.11. The summed E-state index contributed by atoms with van der Waals surface area (Å²) in [5.41, 5.74) is 15.0. The van der Waals surface area contributed by atoms with Gasteiger partial charge in [-0.25, -0.2) is 15.0 Å². The number of nitrogens with zero attached hydrogens (tertiary/aromatic N) is 4. The largest absolute Gasteiger partial charge is 0.454 e. The van der Waals surface area contributed by atoms with Crippen LogP contribution in [0.4, 0.5) is 17.1 Å². The van der Waals surface area contributed by atoms with Crippen LogP contribution in [0.3, 0.4) is 0 Å². The van der Waals surface area contributed by atoms with Crippen molar-refractivity contribution in [1.82, 2.24) is 15.0 Å². The Morgan fingerprint density at radius 2 is 0.879 bits per heavy atom. The molecule has 58 heavy (non-hydrogen) atoms. The first kappa shape index (κ1) is 32.6. The molecule has 0 N–H and O–H groups in total. The molecular formula is C53H34N4O. The molecule has 5 nitrogen and oxygen atoms in total. The van der Waals surface area contributed by atoms with Gasteiger partial charge in [0.2, 0.25) is 0 Å². The van der Waals surface area contributed by atoms with Crippen molar-refractivity contribution in [2.75, 3.05) is 4.90 Å². The molecule has 12 rings (SSSR count). The molecule has 2 aliphatic rings. The van der Waals surface area contributed by atoms with E-state index in [9.17, 15) is 0 Å². The van der Waals surface area contributed by atoms with Crippen LogP contribution >= 0.6 is 0 Å². The summed E-state index contributed by atoms with van der Waals surface area (Å²) in [6, 6.07) is 68.8. The van der Waals surface area contributed by atoms with E-state index in [1.54, 1.807) is 0 Å². The smallest absolute Gasteiger partial charge is 0.164 e. The molecule has 0 atom stereocenters. The molecule has 0 radical (unpaired) electrons. The van der Waals surface area contributed by atoms with E-state index in [1.807, 2.05) is 60.7 Å². The fourth-order valence-corrected chi connectivity index (χ4v) is 9.55. The zero-order valence-corrected chi connectivity index (χ0v) is 31.4. The van der Waals surface area contributed by atoms with E-state index >= 15 is 0 Å². The van der Waals surface area contributed by atoms with Crippen LogP contribution in [-0.4, -0.2) is 15.0 Å². The molecule has 0 saturated heterocycles. The maximum Gasteiger partial charge on any atom is 0.164 e. The van der Waals surface area contributed by atoms with E-state index in [4.69, 9.17) is 19.4 Å². The van der Waals surface area contributed by atoms with Crippen molar-refractivity contribution < 1.29 is 4.42 Å². The van der Waals surface area contributed by atoms with Crippen LogP contribution < -0.4 is 4.90 Å². The Bertz CT molecular complexity index is 3070. The summed E-state index contributed by atoms with van der Waals surface area (Å²) in [6.07, 6.45) is 0.911. The van der Waals surface area contributed by atoms with Gasteiger partial charge in [-0.2, -0.15) is 0 Å². The van der Waals surface area contributed by atoms with Gasteiger partial charge in [-0.05, 0) is 70.1 Å². The van der Waals surface area contributed by atoms with Crippen LogP contribution in [-0.2, 0) is 11.8 Å². The first-order chi connectivity index (χ1) is 28.8. The van der Waals surface area contributed by atoms with Crippen molar-refractivity contribution >= 4 is 39.0 Å². The molecule has 0 unspecified atom stereocenters. The van der Waals surface area contributed by atoms with Gasteiger partial charge in [0.1, 0.15) is 5.58 Å². The maximum absolute atomic E-state index is 7.00. The highest BCUT2D eigenvalue weighted by Crippen LogP contribution is 2.60. The average molecular weight is 743 g/mol. The fourth-order valence-electron chi connectivity index (χ4n) is 9.55. The summed E-state index contributed by atoms with van der Waals surface area (Å²) in [5, 5.41) is 2.08. The number of benzene rings is 8. The fraction of sp³-hybridized carbons (Fsp3) is 0.0377. The van der Waals surface area contributed by atoms with Gasteiger partial charge in [0.15, 0.2) is 23.1 Å². The van der Waals surface area contributed by atoms with Gasteiger partial charge >= 0.3 is 0 Å². The predicted molar refractivity (Wildman–Crippen MR) is 233 cm³/mol. The maximum atomic E-state index is 7.00. The minimum Gasteiger partial charge on any atom is -0.454 e. The van der Waals surface area contributed by atoms with E-state index in [0.29, 0.717) is 17.5 Å². The van der Waals surface area contributed by atoms with Crippen LogP contribution in [0, 0.1) is 0 Å². The molecule has 1 aliphatic carbocycles. The van der Waals surface area contributed by atoms with E-state index < -0.39 is 5.41 Å². The Morgan fingerprint density at radius 3 is 1.47 bits per heavy atom. The molecule has 8 aromatic carbocycles. The van der Waals surface area contributed by atoms with Gasteiger partial charge in [0, 0.05) is 27.5 Å². The summed E-state index contributed by atoms with van der Waals surface area (Å²) < 4.78 is 7.00. The Hall–Kier alpha value is -7.63. The number of anilines is 3. The van der Waals surface area contributed by atoms with Gasteiger partial charge in [0.25, 0.3) is 0 Å². The van der Waals surface area contributed by atoms with Gasteiger partial charge in [0.05, 0.1) is 22.5 Å². The Labute approximate surface area is 335 Å². The predicted octanol–water partition coefficient (Wildman–Crippen LogP) is 12.8. The Kier molecular flexibility index (Phi) is 7.14.